The summed E-state index contributed by atoms with van der Waals surface area (Å²) < 4.78 is 14.0. The summed E-state index contributed by atoms with van der Waals surface area (Å²) in [6.45, 7) is 13.3. The van der Waals surface area contributed by atoms with Crippen molar-refractivity contribution in [2.24, 2.45) is 17.8 Å². The van der Waals surface area contributed by atoms with Crippen molar-refractivity contribution in [3.8, 4) is 5.75 Å². The Kier molecular flexibility index (Phi) is 11.8. The molecule has 7 rings (SSSR count). The van der Waals surface area contributed by atoms with E-state index in [0.717, 1.165) is 45.6 Å². The summed E-state index contributed by atoms with van der Waals surface area (Å²) in [5.74, 6) is -1.39. The molecule has 4 aromatic rings. The molecule has 2 aliphatic heterocycles. The molecule has 3 aromatic carbocycles. The molecule has 0 spiro atoms. The Morgan fingerprint density at radius 2 is 1.61 bits per heavy atom. The summed E-state index contributed by atoms with van der Waals surface area (Å²) in [4.78, 5) is 31.1. The van der Waals surface area contributed by atoms with Gasteiger partial charge in [-0.05, 0) is 119 Å². The Labute approximate surface area is 337 Å². The first-order valence-electron chi connectivity index (χ1n) is 20.0. The third kappa shape index (κ3) is 7.66. The third-order valence-electron chi connectivity index (χ3n) is 12.2. The van der Waals surface area contributed by atoms with Gasteiger partial charge in [-0.15, -0.1) is 11.3 Å². The van der Waals surface area contributed by atoms with Crippen LogP contribution in [0.25, 0.3) is 6.08 Å². The number of aryl methyl sites for hydroxylation is 2. The molecular weight excluding hydrogens is 733 g/mol. The number of thiophene rings is 1. The summed E-state index contributed by atoms with van der Waals surface area (Å²) in [6.07, 6.45) is 4.57. The zero-order valence-corrected chi connectivity index (χ0v) is 35.3. The van der Waals surface area contributed by atoms with Gasteiger partial charge in [0.05, 0.1) is 31.1 Å². The monoisotopic (exact) mass is 787 g/mol. The van der Waals surface area contributed by atoms with Crippen molar-refractivity contribution in [1.29, 1.82) is 0 Å². The molecule has 2 saturated heterocycles. The van der Waals surface area contributed by atoms with Gasteiger partial charge in [0.1, 0.15) is 5.75 Å². The average molecular weight is 788 g/mol. The van der Waals surface area contributed by atoms with Gasteiger partial charge in [0.15, 0.2) is 0 Å². The van der Waals surface area contributed by atoms with E-state index in [2.05, 4.69) is 82.3 Å². The fraction of sp³-hybridized carbons (Fsp3) is 0.391. The van der Waals surface area contributed by atoms with Gasteiger partial charge < -0.3 is 19.2 Å². The summed E-state index contributed by atoms with van der Waals surface area (Å²) in [5, 5.41) is 25.8. The minimum atomic E-state index is -2.96. The predicted molar refractivity (Wildman–Crippen MR) is 228 cm³/mol. The average Bonchev–Trinajstić information content (AvgIpc) is 3.78. The lowest BCUT2D eigenvalue weighted by molar-refractivity contribution is -0.140. The van der Waals surface area contributed by atoms with Crippen LogP contribution in [0.4, 0.5) is 0 Å². The van der Waals surface area contributed by atoms with Crippen molar-refractivity contribution in [2.45, 2.75) is 91.2 Å². The molecule has 2 fully saturated rings. The first kappa shape index (κ1) is 40.1. The number of allylic oxidation sites excluding steroid dienone is 1. The smallest absolute Gasteiger partial charge is 0.455 e. The van der Waals surface area contributed by atoms with Gasteiger partial charge in [-0.1, -0.05) is 106 Å². The number of likely N-dealkylation sites (tertiary alicyclic amines) is 1. The molecule has 0 unspecified atom stereocenters. The highest BCUT2D eigenvalue weighted by atomic mass is 32.1. The molecule has 2 amide bonds. The van der Waals surface area contributed by atoms with Crippen molar-refractivity contribution in [3.63, 3.8) is 0 Å². The molecule has 1 aromatic heterocycles. The molecule has 56 heavy (non-hydrogen) atoms. The molecule has 3 aliphatic rings. The number of phenolic OH excluding ortho intramolecular Hbond substituents is 1. The molecule has 0 radical (unpaired) electrons. The third-order valence-corrected chi connectivity index (χ3v) is 18.1. The second kappa shape index (κ2) is 16.4. The largest absolute Gasteiger partial charge is 0.507 e. The Bertz CT molecular complexity index is 2050. The van der Waals surface area contributed by atoms with E-state index in [1.165, 1.54) is 20.8 Å². The van der Waals surface area contributed by atoms with E-state index in [-0.39, 0.29) is 35.6 Å². The van der Waals surface area contributed by atoms with Crippen molar-refractivity contribution < 1.29 is 28.8 Å². The topological polar surface area (TPSA) is 96.3 Å². The highest BCUT2D eigenvalue weighted by Crippen LogP contribution is 2.51. The minimum Gasteiger partial charge on any atom is -0.507 e. The van der Waals surface area contributed by atoms with E-state index >= 15 is 0 Å². The van der Waals surface area contributed by atoms with Crippen LogP contribution in [0.3, 0.4) is 0 Å². The van der Waals surface area contributed by atoms with E-state index in [4.69, 9.17) is 9.08 Å². The SMILES string of the molecule is CC/C(=C\c1cc(C)c(O)c(C)c1)CC[C@H]1OB(O)C[C@H]2C1=C(CO[Si](c1ccccc1)(c1ccccc1)C(C)(C)C)C[C@H]1C(=O)N(Cc3cccs3)C(=O)[C@H]12. The lowest BCUT2D eigenvalue weighted by atomic mass is 9.58. The van der Waals surface area contributed by atoms with Gasteiger partial charge in [-0.3, -0.25) is 14.5 Å². The van der Waals surface area contributed by atoms with E-state index in [1.54, 1.807) is 11.3 Å². The zero-order valence-electron chi connectivity index (χ0n) is 33.5. The summed E-state index contributed by atoms with van der Waals surface area (Å²) >= 11 is 1.54. The number of hydrogen-bond acceptors (Lipinski definition) is 7. The van der Waals surface area contributed by atoms with Crippen LogP contribution in [0.2, 0.25) is 11.4 Å². The van der Waals surface area contributed by atoms with E-state index in [1.807, 2.05) is 55.6 Å². The van der Waals surface area contributed by atoms with Gasteiger partial charge in [-0.2, -0.15) is 0 Å². The standard InChI is InChI=1S/C46H54BNO6SSi/c1-7-32(25-33-23-30(2)43(49)31(3)24-33)20-21-40-41-34(29-53-56(46(4,5)6,36-16-10-8-11-17-36)37-18-12-9-13-19-37)26-38-42(39(41)27-47(52)54-40)45(51)48(44(38)50)28-35-15-14-22-55-35/h8-19,22-25,38-40,42,49,52H,7,20-21,26-29H2,1-6H3/b32-25+/t38-,39+,40-,42-/m1/s1. The highest BCUT2D eigenvalue weighted by molar-refractivity contribution is 7.09. The van der Waals surface area contributed by atoms with Gasteiger partial charge in [-0.25, -0.2) is 0 Å². The number of carbonyl (C=O) groups excluding carboxylic acids is 2. The second-order valence-corrected chi connectivity index (χ2v) is 22.1. The molecule has 3 heterocycles. The maximum absolute atomic E-state index is 14.4. The van der Waals surface area contributed by atoms with Crippen LogP contribution in [-0.4, -0.2) is 55.0 Å². The van der Waals surface area contributed by atoms with Crippen LogP contribution in [0.1, 0.15) is 74.9 Å². The number of rotatable bonds is 12. The van der Waals surface area contributed by atoms with Crippen LogP contribution >= 0.6 is 11.3 Å². The molecule has 7 nitrogen and oxygen atoms in total. The van der Waals surface area contributed by atoms with Crippen molar-refractivity contribution in [1.82, 2.24) is 4.90 Å². The molecule has 4 atom stereocenters. The number of hydrogen-bond donors (Lipinski definition) is 2. The number of phenols is 1. The number of imide groups is 1. The number of benzene rings is 3. The number of aromatic hydroxyl groups is 1. The van der Waals surface area contributed by atoms with Crippen LogP contribution in [-0.2, 0) is 25.2 Å². The van der Waals surface area contributed by atoms with Gasteiger partial charge in [0.2, 0.25) is 11.8 Å². The number of fused-ring (bicyclic) bond motifs is 3. The number of amides is 2. The maximum atomic E-state index is 14.4. The van der Waals surface area contributed by atoms with E-state index in [0.29, 0.717) is 25.2 Å². The molecular formula is C46H54BNO6SSi. The molecule has 2 N–H and O–H groups in total. The van der Waals surface area contributed by atoms with Crippen molar-refractivity contribution in [3.05, 3.63) is 129 Å². The van der Waals surface area contributed by atoms with Gasteiger partial charge in [0, 0.05) is 4.88 Å². The van der Waals surface area contributed by atoms with E-state index < -0.39 is 33.4 Å². The first-order chi connectivity index (χ1) is 26.8. The minimum absolute atomic E-state index is 0.136. The predicted octanol–water partition coefficient (Wildman–Crippen LogP) is 8.22. The Morgan fingerprint density at radius 3 is 2.18 bits per heavy atom. The molecule has 0 saturated carbocycles. The lowest BCUT2D eigenvalue weighted by Crippen LogP contribution is -2.66. The first-order valence-corrected chi connectivity index (χ1v) is 22.8. The Hall–Kier alpha value is -4.06. The number of nitrogens with zero attached hydrogens (tertiary/aromatic N) is 1. The van der Waals surface area contributed by atoms with E-state index in [9.17, 15) is 19.7 Å². The highest BCUT2D eigenvalue weighted by Gasteiger charge is 2.58. The van der Waals surface area contributed by atoms with Crippen LogP contribution in [0, 0.1) is 31.6 Å². The van der Waals surface area contributed by atoms with Crippen molar-refractivity contribution >= 4 is 55.0 Å². The summed E-state index contributed by atoms with van der Waals surface area (Å²) in [5.41, 5.74) is 5.99. The normalized spacial score (nSPS) is 21.8. The Morgan fingerprint density at radius 1 is 0.964 bits per heavy atom. The second-order valence-electron chi connectivity index (χ2n) is 16.8. The lowest BCUT2D eigenvalue weighted by Gasteiger charge is -2.46. The fourth-order valence-corrected chi connectivity index (χ4v) is 14.8. The Balaban J connectivity index is 1.29. The van der Waals surface area contributed by atoms with Crippen LogP contribution < -0.4 is 10.4 Å². The van der Waals surface area contributed by atoms with Gasteiger partial charge in [0.25, 0.3) is 8.32 Å². The molecule has 10 heteroatoms. The maximum Gasteiger partial charge on any atom is 0.455 e. The quantitative estimate of drug-likeness (QED) is 0.0854. The van der Waals surface area contributed by atoms with Crippen molar-refractivity contribution in [2.75, 3.05) is 6.61 Å². The molecule has 0 bridgehead atoms. The van der Waals surface area contributed by atoms with Crippen LogP contribution in [0.15, 0.2) is 107 Å². The zero-order chi connectivity index (χ0) is 39.8. The summed E-state index contributed by atoms with van der Waals surface area (Å²) in [7, 11) is -4.02. The van der Waals surface area contributed by atoms with Crippen LogP contribution in [0.5, 0.6) is 5.75 Å². The fourth-order valence-electron chi connectivity index (χ4n) is 9.61. The number of carbonyl (C=O) groups is 2. The molecule has 292 valence electrons. The molecule has 1 aliphatic carbocycles. The summed E-state index contributed by atoms with van der Waals surface area (Å²) in [6, 6.07) is 29.0. The van der Waals surface area contributed by atoms with Gasteiger partial charge >= 0.3 is 7.12 Å².